The standard InChI is InChI=1S/C69H46N4/c1-69(2)60-36-31-42-18-12-13-25-48(42)65(60)59-40-56-55-38-45(46-32-37-63-57(39-46)51-28-16-17-29-62(51)73(63)47-23-10-5-11-24-47)30-33-53(55)64(58(56)41-61(59)69)52-34-35-54(50-27-15-14-26-49(50)52)68-71-66(43-19-6-3-7-20-43)70-67(72-68)44-21-8-4-9-22-44/h3-41,64H,1-2H3. The van der Waals surface area contributed by atoms with Gasteiger partial charge < -0.3 is 4.57 Å². The fourth-order valence-electron chi connectivity index (χ4n) is 12.5. The summed E-state index contributed by atoms with van der Waals surface area (Å²) in [7, 11) is 0. The van der Waals surface area contributed by atoms with Crippen LogP contribution in [0.3, 0.4) is 0 Å². The molecule has 13 aromatic rings. The van der Waals surface area contributed by atoms with Crippen LogP contribution in [0.4, 0.5) is 0 Å². The molecule has 73 heavy (non-hydrogen) atoms. The van der Waals surface area contributed by atoms with Crippen molar-refractivity contribution in [3.63, 3.8) is 0 Å². The lowest BCUT2D eigenvalue weighted by Crippen LogP contribution is -2.15. The highest BCUT2D eigenvalue weighted by Gasteiger charge is 2.41. The van der Waals surface area contributed by atoms with E-state index in [9.17, 15) is 0 Å². The Kier molecular flexibility index (Phi) is 9.03. The Labute approximate surface area is 423 Å². The SMILES string of the molecule is CC1(C)c2cc3c(cc2-c2c1ccc1ccccc21)-c1cc(-c2ccc4c(c2)c2ccccc2n4-c2ccccc2)ccc1C3c1ccc(-c2nc(-c3ccccc3)nc(-c3ccccc3)n2)c2ccccc12. The second kappa shape index (κ2) is 15.9. The van der Waals surface area contributed by atoms with E-state index in [-0.39, 0.29) is 11.3 Å². The van der Waals surface area contributed by atoms with E-state index in [4.69, 9.17) is 15.0 Å². The van der Waals surface area contributed by atoms with Gasteiger partial charge in [0.25, 0.3) is 0 Å². The van der Waals surface area contributed by atoms with Gasteiger partial charge in [0.05, 0.1) is 11.0 Å². The molecule has 0 fully saturated rings. The number of para-hydroxylation sites is 2. The molecule has 0 saturated heterocycles. The van der Waals surface area contributed by atoms with Crippen LogP contribution in [0.25, 0.3) is 117 Å². The third kappa shape index (κ3) is 6.30. The van der Waals surface area contributed by atoms with Crippen LogP contribution in [0.2, 0.25) is 0 Å². The maximum absolute atomic E-state index is 5.21. The number of fused-ring (bicyclic) bond motifs is 12. The van der Waals surface area contributed by atoms with Gasteiger partial charge in [0.2, 0.25) is 0 Å². The Morgan fingerprint density at radius 1 is 0.342 bits per heavy atom. The van der Waals surface area contributed by atoms with E-state index in [1.54, 1.807) is 0 Å². The van der Waals surface area contributed by atoms with Crippen molar-refractivity contribution in [3.05, 3.63) is 264 Å². The second-order valence-electron chi connectivity index (χ2n) is 20.3. The molecular weight excluding hydrogens is 885 g/mol. The molecule has 1 unspecified atom stereocenters. The minimum Gasteiger partial charge on any atom is -0.309 e. The molecule has 0 saturated carbocycles. The monoisotopic (exact) mass is 930 g/mol. The molecule has 0 aliphatic heterocycles. The summed E-state index contributed by atoms with van der Waals surface area (Å²) in [5.74, 6) is 1.93. The fourth-order valence-corrected chi connectivity index (χ4v) is 12.5. The van der Waals surface area contributed by atoms with Crippen molar-refractivity contribution < 1.29 is 0 Å². The molecule has 0 radical (unpaired) electrons. The van der Waals surface area contributed by atoms with Crippen LogP contribution in [-0.4, -0.2) is 19.5 Å². The number of benzene rings is 11. The van der Waals surface area contributed by atoms with Gasteiger partial charge in [-0.25, -0.2) is 15.0 Å². The van der Waals surface area contributed by atoms with Gasteiger partial charge in [0, 0.05) is 44.5 Å². The number of hydrogen-bond donors (Lipinski definition) is 0. The van der Waals surface area contributed by atoms with Gasteiger partial charge in [-0.3, -0.25) is 0 Å². The maximum atomic E-state index is 5.21. The lowest BCUT2D eigenvalue weighted by molar-refractivity contribution is 0.659. The Balaban J connectivity index is 0.942. The number of hydrogen-bond acceptors (Lipinski definition) is 3. The highest BCUT2D eigenvalue weighted by Crippen LogP contribution is 2.58. The quantitative estimate of drug-likeness (QED) is 0.167. The molecule has 4 nitrogen and oxygen atoms in total. The summed E-state index contributed by atoms with van der Waals surface area (Å²) < 4.78 is 2.39. The van der Waals surface area contributed by atoms with Gasteiger partial charge in [-0.1, -0.05) is 208 Å². The molecule has 15 rings (SSSR count). The molecule has 0 N–H and O–H groups in total. The van der Waals surface area contributed by atoms with Gasteiger partial charge in [0.1, 0.15) is 0 Å². The summed E-state index contributed by atoms with van der Waals surface area (Å²) in [5.41, 5.74) is 20.6. The molecule has 0 bridgehead atoms. The zero-order chi connectivity index (χ0) is 48.4. The summed E-state index contributed by atoms with van der Waals surface area (Å²) in [6, 6.07) is 86.3. The maximum Gasteiger partial charge on any atom is 0.164 e. The lowest BCUT2D eigenvalue weighted by atomic mass is 9.79. The summed E-state index contributed by atoms with van der Waals surface area (Å²) in [6.45, 7) is 4.82. The highest BCUT2D eigenvalue weighted by molar-refractivity contribution is 6.11. The third-order valence-electron chi connectivity index (χ3n) is 15.9. The van der Waals surface area contributed by atoms with Crippen LogP contribution in [0.1, 0.15) is 47.6 Å². The first-order valence-corrected chi connectivity index (χ1v) is 25.3. The van der Waals surface area contributed by atoms with Crippen molar-refractivity contribution in [1.82, 2.24) is 19.5 Å². The van der Waals surface area contributed by atoms with Crippen LogP contribution in [-0.2, 0) is 5.41 Å². The predicted octanol–water partition coefficient (Wildman–Crippen LogP) is 17.4. The van der Waals surface area contributed by atoms with E-state index >= 15 is 0 Å². The highest BCUT2D eigenvalue weighted by atomic mass is 15.0. The lowest BCUT2D eigenvalue weighted by Gasteiger charge is -2.24. The van der Waals surface area contributed by atoms with Crippen molar-refractivity contribution in [2.24, 2.45) is 0 Å². The average Bonchev–Trinajstić information content (AvgIpc) is 4.05. The van der Waals surface area contributed by atoms with Gasteiger partial charge in [0.15, 0.2) is 17.5 Å². The summed E-state index contributed by atoms with van der Waals surface area (Å²) in [4.78, 5) is 15.5. The van der Waals surface area contributed by atoms with E-state index in [1.807, 2.05) is 36.4 Å². The van der Waals surface area contributed by atoms with Crippen molar-refractivity contribution in [2.75, 3.05) is 0 Å². The summed E-state index contributed by atoms with van der Waals surface area (Å²) in [5, 5.41) is 7.37. The zero-order valence-electron chi connectivity index (χ0n) is 40.4. The number of aromatic nitrogens is 4. The molecule has 0 amide bonds. The molecule has 2 aliphatic carbocycles. The minimum atomic E-state index is -0.194. The van der Waals surface area contributed by atoms with Gasteiger partial charge in [-0.15, -0.1) is 0 Å². The van der Waals surface area contributed by atoms with Crippen molar-refractivity contribution >= 4 is 43.4 Å². The smallest absolute Gasteiger partial charge is 0.164 e. The number of nitrogens with zero attached hydrogens (tertiary/aromatic N) is 4. The van der Waals surface area contributed by atoms with E-state index in [0.29, 0.717) is 17.5 Å². The molecule has 2 heterocycles. The molecule has 11 aromatic carbocycles. The number of rotatable bonds is 6. The second-order valence-corrected chi connectivity index (χ2v) is 20.3. The van der Waals surface area contributed by atoms with Crippen LogP contribution in [0.15, 0.2) is 237 Å². The molecule has 342 valence electrons. The Hall–Kier alpha value is -9.25. The van der Waals surface area contributed by atoms with Crippen LogP contribution < -0.4 is 0 Å². The van der Waals surface area contributed by atoms with Crippen LogP contribution >= 0.6 is 0 Å². The van der Waals surface area contributed by atoms with Crippen molar-refractivity contribution in [2.45, 2.75) is 25.2 Å². The molecular formula is C69H46N4. The van der Waals surface area contributed by atoms with Crippen molar-refractivity contribution in [1.29, 1.82) is 0 Å². The van der Waals surface area contributed by atoms with E-state index in [0.717, 1.165) is 27.8 Å². The first-order valence-electron chi connectivity index (χ1n) is 25.3. The Bertz CT molecular complexity index is 4340. The van der Waals surface area contributed by atoms with Crippen molar-refractivity contribution in [3.8, 4) is 73.2 Å². The van der Waals surface area contributed by atoms with Gasteiger partial charge in [-0.05, 0) is 125 Å². The van der Waals surface area contributed by atoms with E-state index < -0.39 is 0 Å². The molecule has 0 spiro atoms. The van der Waals surface area contributed by atoms with Gasteiger partial charge in [-0.2, -0.15) is 0 Å². The molecule has 4 heteroatoms. The molecule has 2 aliphatic rings. The minimum absolute atomic E-state index is 0.0241. The average molecular weight is 931 g/mol. The van der Waals surface area contributed by atoms with Gasteiger partial charge >= 0.3 is 0 Å². The van der Waals surface area contributed by atoms with E-state index in [2.05, 4.69) is 219 Å². The van der Waals surface area contributed by atoms with E-state index in [1.165, 1.54) is 99.2 Å². The normalized spacial score (nSPS) is 14.1. The first kappa shape index (κ1) is 41.5. The summed E-state index contributed by atoms with van der Waals surface area (Å²) in [6.07, 6.45) is 0. The van der Waals surface area contributed by atoms with Crippen LogP contribution in [0.5, 0.6) is 0 Å². The fraction of sp³-hybridized carbons (Fsp3) is 0.0580. The largest absolute Gasteiger partial charge is 0.309 e. The topological polar surface area (TPSA) is 43.6 Å². The Morgan fingerprint density at radius 3 is 1.67 bits per heavy atom. The molecule has 2 aromatic heterocycles. The first-order chi connectivity index (χ1) is 36.0. The molecule has 1 atom stereocenters. The Morgan fingerprint density at radius 2 is 0.918 bits per heavy atom. The zero-order valence-corrected chi connectivity index (χ0v) is 40.4. The summed E-state index contributed by atoms with van der Waals surface area (Å²) >= 11 is 0. The third-order valence-corrected chi connectivity index (χ3v) is 15.9. The predicted molar refractivity (Wildman–Crippen MR) is 301 cm³/mol. The van der Waals surface area contributed by atoms with Crippen LogP contribution in [0, 0.1) is 0 Å².